The van der Waals surface area contributed by atoms with Crippen molar-refractivity contribution in [1.29, 1.82) is 0 Å². The molecule has 0 aliphatic heterocycles. The second-order valence-corrected chi connectivity index (χ2v) is 9.54. The van der Waals surface area contributed by atoms with Crippen molar-refractivity contribution >= 4 is 46.7 Å². The first-order chi connectivity index (χ1) is 16.3. The molecule has 0 unspecified atom stereocenters. The first-order valence-corrected chi connectivity index (χ1v) is 12.6. The molecule has 34 heavy (non-hydrogen) atoms. The van der Waals surface area contributed by atoms with Crippen molar-refractivity contribution in [2.45, 2.75) is 57.8 Å². The summed E-state index contributed by atoms with van der Waals surface area (Å²) in [5, 5.41) is 11.0. The van der Waals surface area contributed by atoms with Gasteiger partial charge in [0.15, 0.2) is 0 Å². The van der Waals surface area contributed by atoms with Crippen LogP contribution in [0.1, 0.15) is 62.5 Å². The minimum absolute atomic E-state index is 0.249. The Labute approximate surface area is 216 Å². The van der Waals surface area contributed by atoms with Crippen LogP contribution in [-0.4, -0.2) is 30.8 Å². The Hall–Kier alpha value is -1.79. The third kappa shape index (κ3) is 10.2. The molecule has 8 heteroatoms. The molecule has 0 saturated carbocycles. The number of unbranched alkanes of at least 4 members (excludes halogenated alkanes) is 3. The Morgan fingerprint density at radius 2 is 1.53 bits per heavy atom. The average molecular weight is 530 g/mol. The molecule has 2 aromatic carbocycles. The van der Waals surface area contributed by atoms with Gasteiger partial charge in [0.2, 0.25) is 0 Å². The quantitative estimate of drug-likeness (QED) is 0.146. The van der Waals surface area contributed by atoms with Crippen LogP contribution in [0, 0.1) is 5.92 Å². The molecule has 0 aromatic heterocycles. The number of methoxy groups -OCH3 is 1. The number of ether oxygens (including phenoxy) is 2. The lowest BCUT2D eigenvalue weighted by molar-refractivity contribution is -0.142. The zero-order valence-corrected chi connectivity index (χ0v) is 21.6. The van der Waals surface area contributed by atoms with E-state index in [-0.39, 0.29) is 18.3 Å². The van der Waals surface area contributed by atoms with E-state index in [1.165, 1.54) is 0 Å². The highest BCUT2D eigenvalue weighted by Crippen LogP contribution is 2.30. The second kappa shape index (κ2) is 15.3. The predicted octanol–water partition coefficient (Wildman–Crippen LogP) is 7.61. The average Bonchev–Trinajstić information content (AvgIpc) is 2.78. The Morgan fingerprint density at radius 3 is 2.18 bits per heavy atom. The number of carbonyl (C=O) groups excluding carboxylic acids is 1. The standard InChI is InChI=1S/C26H31Cl3O5/c1-33-14-6-5-8-18(26(31)32)7-3-2-4-9-25(30)34-24-17-22(28)13-11-20(24)15-19-10-12-21(27)16-23(19)29/h10-13,16-18H,2-9,14-15H2,1H3,(H,31,32)/t18-/m1/s1. The molecule has 0 bridgehead atoms. The molecule has 2 aromatic rings. The summed E-state index contributed by atoms with van der Waals surface area (Å²) in [4.78, 5) is 23.9. The van der Waals surface area contributed by atoms with Crippen molar-refractivity contribution in [3.05, 3.63) is 62.6 Å². The highest BCUT2D eigenvalue weighted by molar-refractivity contribution is 6.35. The maximum atomic E-state index is 12.4. The fourth-order valence-electron chi connectivity index (χ4n) is 3.68. The van der Waals surface area contributed by atoms with Gasteiger partial charge in [0.1, 0.15) is 5.75 Å². The number of hydrogen-bond donors (Lipinski definition) is 1. The van der Waals surface area contributed by atoms with Gasteiger partial charge in [-0.05, 0) is 61.1 Å². The van der Waals surface area contributed by atoms with Gasteiger partial charge in [0, 0.05) is 41.6 Å². The molecule has 2 rings (SSSR count). The summed E-state index contributed by atoms with van der Waals surface area (Å²) in [5.41, 5.74) is 1.65. The van der Waals surface area contributed by atoms with Crippen molar-refractivity contribution in [1.82, 2.24) is 0 Å². The molecule has 0 amide bonds. The molecule has 0 aliphatic carbocycles. The normalized spacial score (nSPS) is 11.9. The minimum atomic E-state index is -0.758. The van der Waals surface area contributed by atoms with Gasteiger partial charge in [-0.3, -0.25) is 9.59 Å². The number of carbonyl (C=O) groups is 2. The first-order valence-electron chi connectivity index (χ1n) is 11.4. The molecule has 0 saturated heterocycles. The Balaban J connectivity index is 1.82. The molecular formula is C26H31Cl3O5. The fourth-order valence-corrected chi connectivity index (χ4v) is 4.32. The molecule has 186 valence electrons. The molecule has 0 heterocycles. The van der Waals surface area contributed by atoms with E-state index in [0.29, 0.717) is 53.1 Å². The zero-order chi connectivity index (χ0) is 24.9. The highest BCUT2D eigenvalue weighted by atomic mass is 35.5. The van der Waals surface area contributed by atoms with Gasteiger partial charge in [-0.2, -0.15) is 0 Å². The number of halogens is 3. The SMILES string of the molecule is COCCCC[C@@H](CCCCCC(=O)Oc1cc(Cl)ccc1Cc1ccc(Cl)cc1Cl)C(=O)O. The summed E-state index contributed by atoms with van der Waals surface area (Å²) in [7, 11) is 1.64. The van der Waals surface area contributed by atoms with Crippen molar-refractivity contribution in [3.63, 3.8) is 0 Å². The van der Waals surface area contributed by atoms with Crippen LogP contribution in [0.25, 0.3) is 0 Å². The van der Waals surface area contributed by atoms with Crippen LogP contribution >= 0.6 is 34.8 Å². The van der Waals surface area contributed by atoms with Gasteiger partial charge in [-0.15, -0.1) is 0 Å². The van der Waals surface area contributed by atoms with E-state index < -0.39 is 5.97 Å². The lowest BCUT2D eigenvalue weighted by Gasteiger charge is -2.13. The van der Waals surface area contributed by atoms with Gasteiger partial charge >= 0.3 is 11.9 Å². The van der Waals surface area contributed by atoms with Gasteiger partial charge < -0.3 is 14.6 Å². The van der Waals surface area contributed by atoms with E-state index in [9.17, 15) is 14.7 Å². The lowest BCUT2D eigenvalue weighted by Crippen LogP contribution is -2.14. The Bertz CT molecular complexity index is 948. The smallest absolute Gasteiger partial charge is 0.311 e. The second-order valence-electron chi connectivity index (χ2n) is 8.26. The van der Waals surface area contributed by atoms with Crippen molar-refractivity contribution < 1.29 is 24.2 Å². The third-order valence-electron chi connectivity index (χ3n) is 5.58. The summed E-state index contributed by atoms with van der Waals surface area (Å²) >= 11 is 18.4. The summed E-state index contributed by atoms with van der Waals surface area (Å²) in [5.74, 6) is -1.05. The van der Waals surface area contributed by atoms with Crippen molar-refractivity contribution in [2.24, 2.45) is 5.92 Å². The monoisotopic (exact) mass is 528 g/mol. The molecule has 1 N–H and O–H groups in total. The van der Waals surface area contributed by atoms with Crippen molar-refractivity contribution in [2.75, 3.05) is 13.7 Å². The third-order valence-corrected chi connectivity index (χ3v) is 6.40. The summed E-state index contributed by atoms with van der Waals surface area (Å²) in [6.07, 6.45) is 5.82. The van der Waals surface area contributed by atoms with E-state index in [4.69, 9.17) is 44.3 Å². The number of rotatable bonds is 15. The zero-order valence-electron chi connectivity index (χ0n) is 19.3. The summed E-state index contributed by atoms with van der Waals surface area (Å²) < 4.78 is 10.6. The summed E-state index contributed by atoms with van der Waals surface area (Å²) in [6.45, 7) is 0.648. The maximum absolute atomic E-state index is 12.4. The number of esters is 1. The van der Waals surface area contributed by atoms with E-state index in [0.717, 1.165) is 36.8 Å². The minimum Gasteiger partial charge on any atom is -0.481 e. The largest absolute Gasteiger partial charge is 0.481 e. The molecular weight excluding hydrogens is 499 g/mol. The molecule has 1 atom stereocenters. The van der Waals surface area contributed by atoms with Gasteiger partial charge in [-0.25, -0.2) is 0 Å². The van der Waals surface area contributed by atoms with Crippen LogP contribution in [0.4, 0.5) is 0 Å². The van der Waals surface area contributed by atoms with Crippen molar-refractivity contribution in [3.8, 4) is 5.75 Å². The van der Waals surface area contributed by atoms with Gasteiger partial charge in [0.25, 0.3) is 0 Å². The van der Waals surface area contributed by atoms with E-state index in [2.05, 4.69) is 0 Å². The van der Waals surface area contributed by atoms with Crippen LogP contribution in [0.5, 0.6) is 5.75 Å². The molecule has 0 fully saturated rings. The van der Waals surface area contributed by atoms with Crippen LogP contribution in [0.2, 0.25) is 15.1 Å². The van der Waals surface area contributed by atoms with Gasteiger partial charge in [-0.1, -0.05) is 66.2 Å². The Kier molecular flexibility index (Phi) is 12.8. The Morgan fingerprint density at radius 1 is 0.882 bits per heavy atom. The number of aliphatic carboxylic acids is 1. The van der Waals surface area contributed by atoms with E-state index in [1.54, 1.807) is 31.4 Å². The summed E-state index contributed by atoms with van der Waals surface area (Å²) in [6, 6.07) is 10.5. The number of benzene rings is 2. The fraction of sp³-hybridized carbons (Fsp3) is 0.462. The lowest BCUT2D eigenvalue weighted by atomic mass is 9.95. The van der Waals surface area contributed by atoms with Crippen LogP contribution < -0.4 is 4.74 Å². The molecule has 0 radical (unpaired) electrons. The molecule has 5 nitrogen and oxygen atoms in total. The topological polar surface area (TPSA) is 72.8 Å². The van der Waals surface area contributed by atoms with E-state index in [1.807, 2.05) is 12.1 Å². The van der Waals surface area contributed by atoms with Gasteiger partial charge in [0.05, 0.1) is 5.92 Å². The highest BCUT2D eigenvalue weighted by Gasteiger charge is 2.17. The van der Waals surface area contributed by atoms with Crippen LogP contribution in [0.15, 0.2) is 36.4 Å². The predicted molar refractivity (Wildman–Crippen MR) is 136 cm³/mol. The number of carboxylic acids is 1. The number of hydrogen-bond acceptors (Lipinski definition) is 4. The first kappa shape index (κ1) is 28.4. The number of carboxylic acid groups (broad SMARTS) is 1. The molecule has 0 spiro atoms. The van der Waals surface area contributed by atoms with Crippen LogP contribution in [-0.2, 0) is 20.7 Å². The van der Waals surface area contributed by atoms with E-state index >= 15 is 0 Å². The molecule has 0 aliphatic rings. The van der Waals surface area contributed by atoms with Crippen LogP contribution in [0.3, 0.4) is 0 Å². The maximum Gasteiger partial charge on any atom is 0.311 e.